The van der Waals surface area contributed by atoms with Crippen LogP contribution >= 0.6 is 0 Å². The summed E-state index contributed by atoms with van der Waals surface area (Å²) in [4.78, 5) is 10.7. The molecule has 0 amide bonds. The van der Waals surface area contributed by atoms with E-state index in [0.717, 1.165) is 0 Å². The summed E-state index contributed by atoms with van der Waals surface area (Å²) in [6.45, 7) is 2.13. The number of carboxylic acid groups (broad SMARTS) is 1. The zero-order valence-corrected chi connectivity index (χ0v) is 9.15. The van der Waals surface area contributed by atoms with Crippen molar-refractivity contribution in [3.05, 3.63) is 0 Å². The van der Waals surface area contributed by atoms with Gasteiger partial charge in [0.15, 0.2) is 0 Å². The fourth-order valence-electron chi connectivity index (χ4n) is 1.46. The van der Waals surface area contributed by atoms with Crippen LogP contribution in [0.5, 0.6) is 0 Å². The minimum Gasteiger partial charge on any atom is -0.480 e. The summed E-state index contributed by atoms with van der Waals surface area (Å²) < 4.78 is 15.6. The fraction of sp³-hybridized carbons (Fsp3) is 0.889. The van der Waals surface area contributed by atoms with E-state index in [4.69, 9.17) is 19.3 Å². The third-order valence-electron chi connectivity index (χ3n) is 2.51. The molecule has 2 N–H and O–H groups in total. The van der Waals surface area contributed by atoms with E-state index in [0.29, 0.717) is 13.0 Å². The van der Waals surface area contributed by atoms with Crippen LogP contribution in [0.4, 0.5) is 0 Å². The van der Waals surface area contributed by atoms with Crippen molar-refractivity contribution in [1.29, 1.82) is 0 Å². The van der Waals surface area contributed by atoms with E-state index in [1.54, 1.807) is 6.92 Å². The van der Waals surface area contributed by atoms with Crippen molar-refractivity contribution >= 4 is 5.97 Å². The summed E-state index contributed by atoms with van der Waals surface area (Å²) in [6.07, 6.45) is 0.202. The molecule has 0 bridgehead atoms. The second-order valence-electron chi connectivity index (χ2n) is 3.55. The molecule has 0 radical (unpaired) electrons. The molecule has 0 aliphatic carbocycles. The average molecular weight is 219 g/mol. The van der Waals surface area contributed by atoms with E-state index in [-0.39, 0.29) is 6.10 Å². The number of rotatable bonds is 5. The number of methoxy groups -OCH3 is 2. The monoisotopic (exact) mass is 219 g/mol. The zero-order valence-electron chi connectivity index (χ0n) is 9.15. The number of aliphatic carboxylic acids is 1. The Kier molecular flexibility index (Phi) is 4.04. The highest BCUT2D eigenvalue weighted by atomic mass is 16.9. The van der Waals surface area contributed by atoms with Crippen LogP contribution in [0, 0.1) is 0 Å². The first kappa shape index (κ1) is 12.4. The van der Waals surface area contributed by atoms with Gasteiger partial charge >= 0.3 is 5.97 Å². The van der Waals surface area contributed by atoms with Crippen LogP contribution in [-0.2, 0) is 19.0 Å². The predicted octanol–water partition coefficient (Wildman–Crippen LogP) is -0.215. The first-order valence-corrected chi connectivity index (χ1v) is 4.75. The van der Waals surface area contributed by atoms with Crippen LogP contribution in [0.2, 0.25) is 0 Å². The normalized spacial score (nSPS) is 26.9. The van der Waals surface area contributed by atoms with Gasteiger partial charge in [-0.2, -0.15) is 0 Å². The van der Waals surface area contributed by atoms with Gasteiger partial charge in [0.05, 0.1) is 6.10 Å². The van der Waals surface area contributed by atoms with Crippen LogP contribution < -0.4 is 5.32 Å². The van der Waals surface area contributed by atoms with Crippen LogP contribution in [-0.4, -0.2) is 50.0 Å². The molecule has 1 aliphatic rings. The Hall–Kier alpha value is -0.690. The van der Waals surface area contributed by atoms with Gasteiger partial charge in [0.2, 0.25) is 0 Å². The molecule has 0 aromatic heterocycles. The number of carbonyl (C=O) groups is 1. The first-order chi connectivity index (χ1) is 7.00. The fourth-order valence-corrected chi connectivity index (χ4v) is 1.46. The minimum absolute atomic E-state index is 0.212. The van der Waals surface area contributed by atoms with Crippen LogP contribution in [0.1, 0.15) is 13.3 Å². The molecule has 2 atom stereocenters. The number of hydrogen-bond donors (Lipinski definition) is 2. The number of ether oxygens (including phenoxy) is 3. The molecule has 88 valence electrons. The Morgan fingerprint density at radius 3 is 2.47 bits per heavy atom. The lowest BCUT2D eigenvalue weighted by molar-refractivity contribution is -0.363. The number of nitrogens with one attached hydrogen (secondary N) is 1. The summed E-state index contributed by atoms with van der Waals surface area (Å²) in [5.41, 5.74) is 0. The van der Waals surface area contributed by atoms with E-state index in [1.165, 1.54) is 14.2 Å². The topological polar surface area (TPSA) is 77.0 Å². The van der Waals surface area contributed by atoms with Gasteiger partial charge in [0.25, 0.3) is 5.97 Å². The Bertz CT molecular complexity index is 229. The molecule has 1 saturated heterocycles. The van der Waals surface area contributed by atoms with Gasteiger partial charge in [-0.3, -0.25) is 4.79 Å². The smallest absolute Gasteiger partial charge is 0.320 e. The Balaban J connectivity index is 2.44. The van der Waals surface area contributed by atoms with Gasteiger partial charge in [-0.05, 0) is 0 Å². The summed E-state index contributed by atoms with van der Waals surface area (Å²) >= 11 is 0. The second kappa shape index (κ2) is 4.89. The van der Waals surface area contributed by atoms with Crippen LogP contribution in [0.3, 0.4) is 0 Å². The van der Waals surface area contributed by atoms with Crippen molar-refractivity contribution in [2.75, 3.05) is 20.8 Å². The molecule has 0 unspecified atom stereocenters. The quantitative estimate of drug-likeness (QED) is 0.623. The molecule has 0 saturated carbocycles. The van der Waals surface area contributed by atoms with Gasteiger partial charge in [-0.1, -0.05) is 0 Å². The summed E-state index contributed by atoms with van der Waals surface area (Å²) in [5.74, 6) is -1.97. The van der Waals surface area contributed by atoms with Gasteiger partial charge in [0.1, 0.15) is 6.04 Å². The molecule has 1 rings (SSSR count). The lowest BCUT2D eigenvalue weighted by Crippen LogP contribution is -2.38. The number of hydrogen-bond acceptors (Lipinski definition) is 5. The Morgan fingerprint density at radius 2 is 2.07 bits per heavy atom. The van der Waals surface area contributed by atoms with E-state index in [9.17, 15) is 4.79 Å². The Labute approximate surface area is 88.5 Å². The molecule has 15 heavy (non-hydrogen) atoms. The summed E-state index contributed by atoms with van der Waals surface area (Å²) in [7, 11) is 2.95. The molecule has 6 heteroatoms. The maximum Gasteiger partial charge on any atom is 0.320 e. The maximum absolute atomic E-state index is 10.7. The van der Waals surface area contributed by atoms with E-state index < -0.39 is 18.0 Å². The predicted molar refractivity (Wildman–Crippen MR) is 51.3 cm³/mol. The molecule has 6 nitrogen and oxygen atoms in total. The van der Waals surface area contributed by atoms with E-state index in [2.05, 4.69) is 5.32 Å². The van der Waals surface area contributed by atoms with Gasteiger partial charge in [-0.25, -0.2) is 0 Å². The standard InChI is InChI=1S/C9H17NO5/c1-9(13-2,14-3)15-6-4-7(8(11)12)10-5-6/h6-7,10H,4-5H2,1-3H3,(H,11,12)/t6-,7-/m0/s1. The molecule has 0 spiro atoms. The van der Waals surface area contributed by atoms with Crippen molar-refractivity contribution in [2.24, 2.45) is 0 Å². The Morgan fingerprint density at radius 1 is 1.47 bits per heavy atom. The lowest BCUT2D eigenvalue weighted by Gasteiger charge is -2.29. The molecule has 1 heterocycles. The van der Waals surface area contributed by atoms with Crippen molar-refractivity contribution in [1.82, 2.24) is 5.32 Å². The van der Waals surface area contributed by atoms with Crippen molar-refractivity contribution < 1.29 is 24.1 Å². The van der Waals surface area contributed by atoms with Gasteiger partial charge < -0.3 is 24.6 Å². The molecule has 0 aromatic rings. The third kappa shape index (κ3) is 3.13. The molecular weight excluding hydrogens is 202 g/mol. The number of carboxylic acids is 1. The van der Waals surface area contributed by atoms with E-state index in [1.807, 2.05) is 0 Å². The highest BCUT2D eigenvalue weighted by molar-refractivity contribution is 5.73. The van der Waals surface area contributed by atoms with Gasteiger partial charge in [0, 0.05) is 34.1 Å². The van der Waals surface area contributed by atoms with Crippen molar-refractivity contribution in [2.45, 2.75) is 31.5 Å². The highest BCUT2D eigenvalue weighted by Crippen LogP contribution is 2.20. The van der Waals surface area contributed by atoms with Crippen molar-refractivity contribution in [3.63, 3.8) is 0 Å². The lowest BCUT2D eigenvalue weighted by atomic mass is 10.2. The van der Waals surface area contributed by atoms with Crippen LogP contribution in [0.15, 0.2) is 0 Å². The average Bonchev–Trinajstić information content (AvgIpc) is 2.66. The van der Waals surface area contributed by atoms with Crippen LogP contribution in [0.25, 0.3) is 0 Å². The molecule has 1 aliphatic heterocycles. The molecular formula is C9H17NO5. The summed E-state index contributed by atoms with van der Waals surface area (Å²) in [6, 6.07) is -0.548. The first-order valence-electron chi connectivity index (χ1n) is 4.75. The molecule has 0 aromatic carbocycles. The van der Waals surface area contributed by atoms with Crippen molar-refractivity contribution in [3.8, 4) is 0 Å². The minimum atomic E-state index is -1.11. The summed E-state index contributed by atoms with van der Waals surface area (Å²) in [5, 5.41) is 11.6. The van der Waals surface area contributed by atoms with E-state index >= 15 is 0 Å². The second-order valence-corrected chi connectivity index (χ2v) is 3.55. The maximum atomic E-state index is 10.7. The highest BCUT2D eigenvalue weighted by Gasteiger charge is 2.35. The molecule has 1 fully saturated rings. The zero-order chi connectivity index (χ0) is 11.5. The third-order valence-corrected chi connectivity index (χ3v) is 2.51. The van der Waals surface area contributed by atoms with Gasteiger partial charge in [-0.15, -0.1) is 0 Å². The largest absolute Gasteiger partial charge is 0.480 e. The SMILES string of the molecule is COC(C)(OC)O[C@@H]1CN[C@H](C(=O)O)C1.